The van der Waals surface area contributed by atoms with Crippen LogP contribution in [0.15, 0.2) is 12.3 Å². The molecular formula is C42H73N3O6. The van der Waals surface area contributed by atoms with E-state index >= 15 is 0 Å². The Morgan fingerprint density at radius 2 is 1.57 bits per heavy atom. The number of carbonyl (C=O) groups excluding carboxylic acids is 2. The number of carboxylic acids is 1. The first kappa shape index (κ1) is 43.0. The molecule has 51 heavy (non-hydrogen) atoms. The molecule has 2 amide bonds. The summed E-state index contributed by atoms with van der Waals surface area (Å²) < 4.78 is 12.1. The fourth-order valence-electron chi connectivity index (χ4n) is 8.28. The first-order valence-electron chi connectivity index (χ1n) is 20.5. The van der Waals surface area contributed by atoms with Crippen LogP contribution in [0, 0.1) is 11.3 Å². The fraction of sp³-hybridized carbons (Fsp3) is 0.833. The lowest BCUT2D eigenvalue weighted by molar-refractivity contribution is -0.298. The Kier molecular flexibility index (Phi) is 17.0. The predicted octanol–water partition coefficient (Wildman–Crippen LogP) is 10.4. The molecule has 0 radical (unpaired) electrons. The topological polar surface area (TPSA) is 121 Å². The third-order valence-electron chi connectivity index (χ3n) is 11.4. The molecule has 292 valence electrons. The van der Waals surface area contributed by atoms with Crippen LogP contribution in [0.2, 0.25) is 0 Å². The van der Waals surface area contributed by atoms with Gasteiger partial charge in [-0.3, -0.25) is 9.59 Å². The lowest BCUT2D eigenvalue weighted by atomic mass is 9.76. The number of carbonyl (C=O) groups is 3. The van der Waals surface area contributed by atoms with E-state index in [2.05, 4.69) is 42.9 Å². The van der Waals surface area contributed by atoms with Gasteiger partial charge in [-0.15, -0.1) is 0 Å². The number of unbranched alkanes of at least 4 members (excludes halogenated alkanes) is 9. The summed E-state index contributed by atoms with van der Waals surface area (Å²) >= 11 is 0. The minimum atomic E-state index is -0.917. The van der Waals surface area contributed by atoms with Crippen molar-refractivity contribution in [2.45, 2.75) is 200 Å². The van der Waals surface area contributed by atoms with Gasteiger partial charge in [0.25, 0.3) is 0 Å². The predicted molar refractivity (Wildman–Crippen MR) is 205 cm³/mol. The lowest BCUT2D eigenvalue weighted by Gasteiger charge is -2.45. The molecule has 1 aromatic rings. The van der Waals surface area contributed by atoms with E-state index in [1.807, 2.05) is 27.7 Å². The number of aliphatic carboxylic acids is 1. The van der Waals surface area contributed by atoms with Crippen molar-refractivity contribution in [3.8, 4) is 0 Å². The molecule has 2 aliphatic rings. The average molecular weight is 716 g/mol. The number of rotatable bonds is 21. The van der Waals surface area contributed by atoms with Gasteiger partial charge in [-0.25, -0.2) is 4.79 Å². The zero-order valence-electron chi connectivity index (χ0n) is 33.5. The van der Waals surface area contributed by atoms with E-state index in [9.17, 15) is 19.5 Å². The molecule has 9 nitrogen and oxygen atoms in total. The summed E-state index contributed by atoms with van der Waals surface area (Å²) in [6, 6.07) is 1.51. The Morgan fingerprint density at radius 1 is 0.941 bits per heavy atom. The first-order valence-corrected chi connectivity index (χ1v) is 20.5. The molecule has 1 aliphatic heterocycles. The number of aromatic amines is 1. The largest absolute Gasteiger partial charge is 0.481 e. The maximum atomic E-state index is 14.4. The number of ketones is 1. The minimum Gasteiger partial charge on any atom is -0.481 e. The third-order valence-corrected chi connectivity index (χ3v) is 11.4. The second-order valence-corrected chi connectivity index (χ2v) is 17.3. The van der Waals surface area contributed by atoms with Gasteiger partial charge in [-0.1, -0.05) is 111 Å². The molecule has 9 heteroatoms. The van der Waals surface area contributed by atoms with Crippen molar-refractivity contribution >= 4 is 17.8 Å². The van der Waals surface area contributed by atoms with Gasteiger partial charge < -0.3 is 29.8 Å². The van der Waals surface area contributed by atoms with Crippen LogP contribution in [0.3, 0.4) is 0 Å². The molecular weight excluding hydrogens is 642 g/mol. The number of nitrogens with zero attached hydrogens (tertiary/aromatic N) is 1. The normalized spacial score (nSPS) is 22.5. The summed E-state index contributed by atoms with van der Waals surface area (Å²) in [4.78, 5) is 46.6. The van der Waals surface area contributed by atoms with E-state index in [1.54, 1.807) is 12.3 Å². The second-order valence-electron chi connectivity index (χ2n) is 17.3. The van der Waals surface area contributed by atoms with E-state index < -0.39 is 29.2 Å². The Balaban J connectivity index is 1.87. The summed E-state index contributed by atoms with van der Waals surface area (Å²) in [6.45, 7) is 17.5. The Labute approximate surface area is 309 Å². The smallest absolute Gasteiger partial charge is 0.318 e. The summed E-state index contributed by atoms with van der Waals surface area (Å²) in [6.07, 6.45) is 19.3. The number of Topliss-reactive ketones (excluding diaryl/α,β-unsaturated/α-hetero) is 1. The van der Waals surface area contributed by atoms with Crippen LogP contribution < -0.4 is 5.32 Å². The molecule has 0 aromatic carbocycles. The van der Waals surface area contributed by atoms with Gasteiger partial charge in [0.1, 0.15) is 6.10 Å². The third kappa shape index (κ3) is 12.9. The van der Waals surface area contributed by atoms with E-state index in [-0.39, 0.29) is 35.7 Å². The summed E-state index contributed by atoms with van der Waals surface area (Å²) in [5.74, 6) is -2.61. The highest BCUT2D eigenvalue weighted by atomic mass is 16.7. The van der Waals surface area contributed by atoms with Gasteiger partial charge in [0, 0.05) is 46.9 Å². The zero-order chi connectivity index (χ0) is 37.7. The highest BCUT2D eigenvalue weighted by Gasteiger charge is 2.47. The van der Waals surface area contributed by atoms with Crippen LogP contribution >= 0.6 is 0 Å². The number of hydrogen-bond donors (Lipinski definition) is 3. The zero-order valence-corrected chi connectivity index (χ0v) is 33.5. The Hall–Kier alpha value is -2.39. The van der Waals surface area contributed by atoms with Crippen molar-refractivity contribution in [2.24, 2.45) is 11.3 Å². The van der Waals surface area contributed by atoms with E-state index in [0.29, 0.717) is 24.4 Å². The molecule has 1 saturated heterocycles. The van der Waals surface area contributed by atoms with Crippen molar-refractivity contribution < 1.29 is 29.0 Å². The first-order chi connectivity index (χ1) is 24.1. The standard InChI is InChI=1S/C42H73N3O6/c1-9-11-13-14-15-16-17-22-28-45(41(5,6)26-21-12-10-2)39(49)44-34-24-20-18-19-23-31(34)33(29-35(46)47)36-32(25-27-43-36)37(48)38-40(3,4)30-50-42(7,8)51-38/h25,27,31,33-34,38,43H,9-24,26,28-30H2,1-8H3,(H,44,49)(H,46,47). The maximum Gasteiger partial charge on any atom is 0.318 e. The second kappa shape index (κ2) is 20.2. The number of carboxylic acid groups (broad SMARTS) is 1. The van der Waals surface area contributed by atoms with Crippen LogP contribution in [0.25, 0.3) is 0 Å². The highest BCUT2D eigenvalue weighted by Crippen LogP contribution is 2.42. The minimum absolute atomic E-state index is 0.0483. The van der Waals surface area contributed by atoms with Crippen molar-refractivity contribution in [3.63, 3.8) is 0 Å². The van der Waals surface area contributed by atoms with Gasteiger partial charge in [0.05, 0.1) is 13.0 Å². The Morgan fingerprint density at radius 3 is 2.24 bits per heavy atom. The number of amides is 2. The molecule has 1 aromatic heterocycles. The van der Waals surface area contributed by atoms with Crippen LogP contribution in [-0.4, -0.2) is 69.4 Å². The molecule has 0 spiro atoms. The van der Waals surface area contributed by atoms with Crippen LogP contribution in [-0.2, 0) is 14.3 Å². The number of aromatic nitrogens is 1. The quantitative estimate of drug-likeness (QED) is 0.0662. The number of urea groups is 1. The van der Waals surface area contributed by atoms with E-state index in [4.69, 9.17) is 9.47 Å². The van der Waals surface area contributed by atoms with E-state index in [0.717, 1.165) is 70.6 Å². The van der Waals surface area contributed by atoms with Crippen molar-refractivity contribution in [1.82, 2.24) is 15.2 Å². The number of ether oxygens (including phenoxy) is 2. The molecule has 0 bridgehead atoms. The van der Waals surface area contributed by atoms with Gasteiger partial charge in [-0.05, 0) is 65.4 Å². The molecule has 1 aliphatic carbocycles. The molecule has 1 saturated carbocycles. The molecule has 3 rings (SSSR count). The summed E-state index contributed by atoms with van der Waals surface area (Å²) in [5, 5.41) is 13.7. The average Bonchev–Trinajstić information content (AvgIpc) is 3.44. The van der Waals surface area contributed by atoms with Crippen molar-refractivity contribution in [3.05, 3.63) is 23.5 Å². The summed E-state index contributed by atoms with van der Waals surface area (Å²) in [7, 11) is 0. The highest BCUT2D eigenvalue weighted by molar-refractivity contribution is 6.01. The SMILES string of the molecule is CCCCCCCCCCN(C(=O)NC1CCCCCC1C(CC(=O)O)c1[nH]ccc1C(=O)C1OC(C)(C)OCC1(C)C)C(C)(C)CCCCC. The maximum absolute atomic E-state index is 14.4. The fourth-order valence-corrected chi connectivity index (χ4v) is 8.28. The van der Waals surface area contributed by atoms with Gasteiger partial charge in [0.2, 0.25) is 0 Å². The van der Waals surface area contributed by atoms with Crippen LogP contribution in [0.5, 0.6) is 0 Å². The summed E-state index contributed by atoms with van der Waals surface area (Å²) in [5.41, 5.74) is 0.238. The number of nitrogens with one attached hydrogen (secondary N) is 2. The number of H-pyrrole nitrogens is 1. The van der Waals surface area contributed by atoms with Crippen molar-refractivity contribution in [2.75, 3.05) is 13.2 Å². The van der Waals surface area contributed by atoms with Gasteiger partial charge in [-0.2, -0.15) is 0 Å². The molecule has 4 unspecified atom stereocenters. The van der Waals surface area contributed by atoms with E-state index in [1.165, 1.54) is 38.5 Å². The molecule has 3 N–H and O–H groups in total. The molecule has 4 atom stereocenters. The molecule has 2 heterocycles. The Bertz CT molecular complexity index is 1220. The van der Waals surface area contributed by atoms with Crippen LogP contribution in [0.4, 0.5) is 4.79 Å². The van der Waals surface area contributed by atoms with Gasteiger partial charge in [0.15, 0.2) is 11.6 Å². The lowest BCUT2D eigenvalue weighted by Crippen LogP contribution is -2.56. The van der Waals surface area contributed by atoms with Gasteiger partial charge >= 0.3 is 12.0 Å². The number of hydrogen-bond acceptors (Lipinski definition) is 5. The van der Waals surface area contributed by atoms with Crippen molar-refractivity contribution in [1.29, 1.82) is 0 Å². The monoisotopic (exact) mass is 716 g/mol. The molecule has 2 fully saturated rings. The van der Waals surface area contributed by atoms with Crippen LogP contribution in [0.1, 0.15) is 193 Å².